The number of rotatable bonds is 8. The highest BCUT2D eigenvalue weighted by molar-refractivity contribution is 7.89. The lowest BCUT2D eigenvalue weighted by molar-refractivity contribution is -0.119. The number of nitrogens with two attached hydrogens (primary N) is 1. The molecule has 1 aromatic heterocycles. The van der Waals surface area contributed by atoms with Crippen LogP contribution in [0.15, 0.2) is 34.5 Å². The van der Waals surface area contributed by atoms with Crippen LogP contribution in [0.4, 0.5) is 5.00 Å². The van der Waals surface area contributed by atoms with E-state index in [0.717, 1.165) is 37.0 Å². The van der Waals surface area contributed by atoms with Gasteiger partial charge < -0.3 is 20.5 Å². The van der Waals surface area contributed by atoms with Crippen molar-refractivity contribution >= 4 is 44.1 Å². The summed E-state index contributed by atoms with van der Waals surface area (Å²) >= 11 is 1.10. The molecular weight excluding hydrogens is 470 g/mol. The minimum absolute atomic E-state index is 0.0497. The minimum Gasteiger partial charge on any atom is -0.496 e. The largest absolute Gasteiger partial charge is 0.496 e. The van der Waals surface area contributed by atoms with Crippen molar-refractivity contribution in [3.05, 3.63) is 40.8 Å². The summed E-state index contributed by atoms with van der Waals surface area (Å²) in [5.41, 5.74) is 5.27. The molecule has 1 aliphatic rings. The molecule has 0 radical (unpaired) electrons. The number of hydrogen-bond donors (Lipinski definition) is 2. The van der Waals surface area contributed by atoms with Gasteiger partial charge in [-0.15, -0.1) is 11.3 Å². The summed E-state index contributed by atoms with van der Waals surface area (Å²) in [6, 6.07) is 5.43. The van der Waals surface area contributed by atoms with Crippen LogP contribution in [0.2, 0.25) is 0 Å². The molecule has 1 aliphatic heterocycles. The number of thiophene rings is 1. The van der Waals surface area contributed by atoms with Crippen molar-refractivity contribution in [2.24, 2.45) is 5.73 Å². The van der Waals surface area contributed by atoms with E-state index in [1.165, 1.54) is 35.7 Å². The number of sulfonamides is 1. The fourth-order valence-corrected chi connectivity index (χ4v) is 5.76. The van der Waals surface area contributed by atoms with Gasteiger partial charge in [-0.2, -0.15) is 4.31 Å². The molecule has 1 fully saturated rings. The summed E-state index contributed by atoms with van der Waals surface area (Å²) < 4.78 is 37.8. The van der Waals surface area contributed by atoms with Crippen LogP contribution in [0.3, 0.4) is 0 Å². The Kier molecular flexibility index (Phi) is 8.06. The molecule has 0 atom stereocenters. The fourth-order valence-electron chi connectivity index (χ4n) is 3.41. The van der Waals surface area contributed by atoms with Gasteiger partial charge in [0, 0.05) is 13.1 Å². The molecule has 1 saturated heterocycles. The quantitative estimate of drug-likeness (QED) is 0.534. The van der Waals surface area contributed by atoms with Crippen LogP contribution in [0.25, 0.3) is 0 Å². The maximum Gasteiger partial charge on any atom is 0.342 e. The number of benzene rings is 1. The highest BCUT2D eigenvalue weighted by atomic mass is 32.2. The Labute approximate surface area is 195 Å². The molecular formula is C21H25N3O7S2. The SMILES string of the molecule is COc1ccc(S(=O)(=O)N2CCCCCC2)cc1C(=O)OCC(=O)Nc1sccc1C(N)=O. The van der Waals surface area contributed by atoms with Gasteiger partial charge in [0.05, 0.1) is 17.6 Å². The van der Waals surface area contributed by atoms with Crippen molar-refractivity contribution in [3.8, 4) is 5.75 Å². The van der Waals surface area contributed by atoms with Gasteiger partial charge in [0.25, 0.3) is 11.8 Å². The van der Waals surface area contributed by atoms with E-state index in [-0.39, 0.29) is 26.8 Å². The molecule has 10 nitrogen and oxygen atoms in total. The molecule has 2 amide bonds. The smallest absolute Gasteiger partial charge is 0.342 e. The van der Waals surface area contributed by atoms with Crippen molar-refractivity contribution in [3.63, 3.8) is 0 Å². The number of amides is 2. The number of nitrogens with one attached hydrogen (secondary N) is 1. The molecule has 0 aliphatic carbocycles. The number of anilines is 1. The standard InChI is InChI=1S/C21H25N3O7S2/c1-30-17-7-6-14(33(28,29)24-9-4-2-3-5-10-24)12-16(17)21(27)31-13-18(25)23-20-15(19(22)26)8-11-32-20/h6-8,11-12H,2-5,9-10,13H2,1H3,(H2,22,26)(H,23,25). The van der Waals surface area contributed by atoms with Gasteiger partial charge in [-0.3, -0.25) is 9.59 Å². The van der Waals surface area contributed by atoms with Crippen LogP contribution in [0.1, 0.15) is 46.4 Å². The molecule has 2 aromatic rings. The second-order valence-electron chi connectivity index (χ2n) is 7.33. The molecule has 33 heavy (non-hydrogen) atoms. The summed E-state index contributed by atoms with van der Waals surface area (Å²) in [5, 5.41) is 4.29. The Morgan fingerprint density at radius 2 is 1.79 bits per heavy atom. The number of carbonyl (C=O) groups excluding carboxylic acids is 3. The highest BCUT2D eigenvalue weighted by Crippen LogP contribution is 2.27. The minimum atomic E-state index is -3.80. The Hall–Kier alpha value is -2.96. The lowest BCUT2D eigenvalue weighted by atomic mass is 10.2. The van der Waals surface area contributed by atoms with Gasteiger partial charge in [0.15, 0.2) is 6.61 Å². The van der Waals surface area contributed by atoms with Crippen molar-refractivity contribution in [1.29, 1.82) is 0 Å². The highest BCUT2D eigenvalue weighted by Gasteiger charge is 2.27. The molecule has 12 heteroatoms. The van der Waals surface area contributed by atoms with Crippen LogP contribution in [0.5, 0.6) is 5.75 Å². The summed E-state index contributed by atoms with van der Waals surface area (Å²) in [6.07, 6.45) is 3.50. The van der Waals surface area contributed by atoms with E-state index in [1.54, 1.807) is 5.38 Å². The zero-order chi connectivity index (χ0) is 24.0. The summed E-state index contributed by atoms with van der Waals surface area (Å²) in [4.78, 5) is 36.1. The van der Waals surface area contributed by atoms with E-state index < -0.39 is 34.4 Å². The number of ether oxygens (including phenoxy) is 2. The average Bonchev–Trinajstić information content (AvgIpc) is 3.07. The average molecular weight is 496 g/mol. The number of primary amides is 1. The van der Waals surface area contributed by atoms with Crippen molar-refractivity contribution in [2.45, 2.75) is 30.6 Å². The Morgan fingerprint density at radius 1 is 1.09 bits per heavy atom. The second-order valence-corrected chi connectivity index (χ2v) is 10.2. The summed E-state index contributed by atoms with van der Waals surface area (Å²) in [7, 11) is -2.46. The van der Waals surface area contributed by atoms with Gasteiger partial charge in [-0.1, -0.05) is 12.8 Å². The molecule has 3 N–H and O–H groups in total. The fraction of sp³-hybridized carbons (Fsp3) is 0.381. The van der Waals surface area contributed by atoms with E-state index in [1.807, 2.05) is 0 Å². The normalized spacial score (nSPS) is 14.8. The molecule has 0 bridgehead atoms. The van der Waals surface area contributed by atoms with Crippen molar-refractivity contribution < 1.29 is 32.3 Å². The summed E-state index contributed by atoms with van der Waals surface area (Å²) in [5.74, 6) is -2.18. The van der Waals surface area contributed by atoms with Crippen LogP contribution in [-0.2, 0) is 19.6 Å². The van der Waals surface area contributed by atoms with Crippen molar-refractivity contribution in [1.82, 2.24) is 4.31 Å². The summed E-state index contributed by atoms with van der Waals surface area (Å²) in [6.45, 7) is 0.190. The van der Waals surface area contributed by atoms with Crippen LogP contribution < -0.4 is 15.8 Å². The van der Waals surface area contributed by atoms with E-state index in [9.17, 15) is 22.8 Å². The van der Waals surface area contributed by atoms with Gasteiger partial charge in [0.2, 0.25) is 10.0 Å². The Bertz CT molecular complexity index is 1140. The molecule has 0 unspecified atom stereocenters. The maximum absolute atomic E-state index is 13.1. The molecule has 178 valence electrons. The molecule has 3 rings (SSSR count). The molecule has 0 saturated carbocycles. The van der Waals surface area contributed by atoms with Crippen LogP contribution >= 0.6 is 11.3 Å². The topological polar surface area (TPSA) is 145 Å². The first kappa shape index (κ1) is 24.7. The molecule has 2 heterocycles. The second kappa shape index (κ2) is 10.8. The monoisotopic (exact) mass is 495 g/mol. The number of methoxy groups -OCH3 is 1. The van der Waals surface area contributed by atoms with Crippen molar-refractivity contribution in [2.75, 3.05) is 32.1 Å². The van der Waals surface area contributed by atoms with Gasteiger partial charge in [-0.05, 0) is 42.5 Å². The van der Waals surface area contributed by atoms with Gasteiger partial charge in [0.1, 0.15) is 16.3 Å². The van der Waals surface area contributed by atoms with E-state index in [0.29, 0.717) is 13.1 Å². The number of hydrogen-bond acceptors (Lipinski definition) is 8. The first-order valence-corrected chi connectivity index (χ1v) is 12.6. The van der Waals surface area contributed by atoms with E-state index in [2.05, 4.69) is 5.32 Å². The predicted molar refractivity (Wildman–Crippen MR) is 122 cm³/mol. The van der Waals surface area contributed by atoms with E-state index >= 15 is 0 Å². The molecule has 0 spiro atoms. The zero-order valence-corrected chi connectivity index (χ0v) is 19.7. The van der Waals surface area contributed by atoms with Crippen LogP contribution in [-0.4, -0.2) is 57.3 Å². The third-order valence-electron chi connectivity index (χ3n) is 5.11. The first-order valence-electron chi connectivity index (χ1n) is 10.3. The van der Waals surface area contributed by atoms with Gasteiger partial charge >= 0.3 is 5.97 Å². The molecule has 1 aromatic carbocycles. The Morgan fingerprint density at radius 3 is 2.42 bits per heavy atom. The number of esters is 1. The van der Waals surface area contributed by atoms with Gasteiger partial charge in [-0.25, -0.2) is 13.2 Å². The lowest BCUT2D eigenvalue weighted by Gasteiger charge is -2.20. The third kappa shape index (κ3) is 5.89. The Balaban J connectivity index is 1.73. The zero-order valence-electron chi connectivity index (χ0n) is 18.0. The first-order chi connectivity index (χ1) is 15.7. The van der Waals surface area contributed by atoms with Crippen LogP contribution in [0, 0.1) is 0 Å². The lowest BCUT2D eigenvalue weighted by Crippen LogP contribution is -2.32. The maximum atomic E-state index is 13.1. The number of carbonyl (C=O) groups is 3. The third-order valence-corrected chi connectivity index (χ3v) is 7.84. The number of nitrogens with zero attached hydrogens (tertiary/aromatic N) is 1. The van der Waals surface area contributed by atoms with E-state index in [4.69, 9.17) is 15.2 Å². The predicted octanol–water partition coefficient (Wildman–Crippen LogP) is 2.22.